The lowest BCUT2D eigenvalue weighted by Crippen LogP contribution is -2.49. The maximum Gasteiger partial charge on any atom is 0.313 e. The monoisotopic (exact) mass is 424 g/mol. The molecule has 1 heterocycles. The van der Waals surface area contributed by atoms with E-state index in [2.05, 4.69) is 27.5 Å². The van der Waals surface area contributed by atoms with Gasteiger partial charge in [0.15, 0.2) is 0 Å². The average Bonchev–Trinajstić information content (AvgIpc) is 2.77. The van der Waals surface area contributed by atoms with Crippen LogP contribution in [0.5, 0.6) is 5.75 Å². The number of benzene rings is 2. The first-order chi connectivity index (χ1) is 14.9. The highest BCUT2D eigenvalue weighted by Crippen LogP contribution is 2.24. The molecule has 2 aromatic carbocycles. The van der Waals surface area contributed by atoms with Gasteiger partial charge in [-0.25, -0.2) is 0 Å². The van der Waals surface area contributed by atoms with E-state index in [1.807, 2.05) is 56.3 Å². The van der Waals surface area contributed by atoms with Crippen LogP contribution in [-0.2, 0) is 9.59 Å². The molecule has 2 aromatic rings. The molecule has 1 aliphatic heterocycles. The van der Waals surface area contributed by atoms with E-state index < -0.39 is 11.8 Å². The van der Waals surface area contributed by atoms with Gasteiger partial charge in [-0.15, -0.1) is 0 Å². The molecule has 2 amide bonds. The van der Waals surface area contributed by atoms with Crippen LogP contribution in [0, 0.1) is 13.8 Å². The summed E-state index contributed by atoms with van der Waals surface area (Å²) in [5.74, 6) is -0.488. The fraction of sp³-hybridized carbons (Fsp3) is 0.417. The Labute approximate surface area is 184 Å². The standard InChI is InChI=1S/C24H32N4O3/c1-17-6-5-7-18(2)22(17)26-24(30)23(29)25-16-21(28-14-12-27(3)13-15-28)19-8-10-20(31-4)11-9-19/h5-11,21H,12-16H2,1-4H3,(H,25,29)(H,26,30)/t21-/m0/s1. The lowest BCUT2D eigenvalue weighted by Gasteiger charge is -2.38. The molecule has 7 heteroatoms. The number of methoxy groups -OCH3 is 1. The number of carbonyl (C=O) groups is 2. The van der Waals surface area contributed by atoms with Gasteiger partial charge in [-0.2, -0.15) is 0 Å². The van der Waals surface area contributed by atoms with Crippen LogP contribution in [0.1, 0.15) is 22.7 Å². The fourth-order valence-electron chi connectivity index (χ4n) is 3.87. The summed E-state index contributed by atoms with van der Waals surface area (Å²) in [5, 5.41) is 5.59. The molecule has 1 fully saturated rings. The number of rotatable bonds is 6. The van der Waals surface area contributed by atoms with E-state index in [0.717, 1.165) is 48.6 Å². The molecule has 0 aromatic heterocycles. The van der Waals surface area contributed by atoms with Crippen molar-refractivity contribution in [3.05, 3.63) is 59.2 Å². The number of likely N-dealkylation sites (N-methyl/N-ethyl adjacent to an activating group) is 1. The molecule has 0 saturated carbocycles. The van der Waals surface area contributed by atoms with Crippen LogP contribution in [0.25, 0.3) is 0 Å². The number of ether oxygens (including phenoxy) is 1. The molecule has 7 nitrogen and oxygen atoms in total. The molecule has 1 atom stereocenters. The number of piperazine rings is 1. The maximum absolute atomic E-state index is 12.6. The first-order valence-electron chi connectivity index (χ1n) is 10.6. The Hall–Kier alpha value is -2.90. The van der Waals surface area contributed by atoms with Crippen LogP contribution >= 0.6 is 0 Å². The second-order valence-electron chi connectivity index (χ2n) is 8.06. The molecule has 166 valence electrons. The van der Waals surface area contributed by atoms with Gasteiger partial charge in [0.2, 0.25) is 0 Å². The van der Waals surface area contributed by atoms with Crippen molar-refractivity contribution in [2.45, 2.75) is 19.9 Å². The van der Waals surface area contributed by atoms with Gasteiger partial charge in [-0.1, -0.05) is 30.3 Å². The highest BCUT2D eigenvalue weighted by molar-refractivity contribution is 6.39. The Balaban J connectivity index is 1.68. The second-order valence-corrected chi connectivity index (χ2v) is 8.06. The number of anilines is 1. The minimum Gasteiger partial charge on any atom is -0.497 e. The fourth-order valence-corrected chi connectivity index (χ4v) is 3.87. The van der Waals surface area contributed by atoms with Crippen molar-refractivity contribution in [3.63, 3.8) is 0 Å². The van der Waals surface area contributed by atoms with Crippen LogP contribution in [0.4, 0.5) is 5.69 Å². The number of hydrogen-bond donors (Lipinski definition) is 2. The number of nitrogens with zero attached hydrogens (tertiary/aromatic N) is 2. The zero-order chi connectivity index (χ0) is 22.4. The van der Waals surface area contributed by atoms with Gasteiger partial charge in [0.1, 0.15) is 5.75 Å². The van der Waals surface area contributed by atoms with E-state index in [9.17, 15) is 9.59 Å². The Morgan fingerprint density at radius 3 is 2.16 bits per heavy atom. The summed E-state index contributed by atoms with van der Waals surface area (Å²) in [6.45, 7) is 7.91. The Morgan fingerprint density at radius 1 is 0.968 bits per heavy atom. The van der Waals surface area contributed by atoms with Crippen molar-refractivity contribution in [1.29, 1.82) is 0 Å². The lowest BCUT2D eigenvalue weighted by molar-refractivity contribution is -0.136. The molecule has 0 unspecified atom stereocenters. The molecule has 31 heavy (non-hydrogen) atoms. The predicted octanol–water partition coefficient (Wildman–Crippen LogP) is 2.36. The van der Waals surface area contributed by atoms with Crippen molar-refractivity contribution < 1.29 is 14.3 Å². The number of nitrogens with one attached hydrogen (secondary N) is 2. The van der Waals surface area contributed by atoms with Gasteiger partial charge < -0.3 is 20.3 Å². The summed E-state index contributed by atoms with van der Waals surface area (Å²) < 4.78 is 5.27. The largest absolute Gasteiger partial charge is 0.497 e. The van der Waals surface area contributed by atoms with E-state index in [4.69, 9.17) is 4.74 Å². The average molecular weight is 425 g/mol. The summed E-state index contributed by atoms with van der Waals surface area (Å²) in [5.41, 5.74) is 3.62. The van der Waals surface area contributed by atoms with E-state index in [1.165, 1.54) is 0 Å². The Kier molecular flexibility index (Phi) is 7.65. The van der Waals surface area contributed by atoms with Crippen molar-refractivity contribution in [1.82, 2.24) is 15.1 Å². The van der Waals surface area contributed by atoms with Gasteiger partial charge in [0.25, 0.3) is 0 Å². The smallest absolute Gasteiger partial charge is 0.313 e. The third kappa shape index (κ3) is 5.83. The molecule has 0 radical (unpaired) electrons. The quantitative estimate of drug-likeness (QED) is 0.697. The van der Waals surface area contributed by atoms with E-state index in [-0.39, 0.29) is 6.04 Å². The third-order valence-corrected chi connectivity index (χ3v) is 5.86. The summed E-state index contributed by atoms with van der Waals surface area (Å²) in [6, 6.07) is 13.6. The van der Waals surface area contributed by atoms with E-state index >= 15 is 0 Å². The van der Waals surface area contributed by atoms with Crippen LogP contribution in [0.15, 0.2) is 42.5 Å². The predicted molar refractivity (Wildman–Crippen MR) is 122 cm³/mol. The van der Waals surface area contributed by atoms with Gasteiger partial charge in [-0.3, -0.25) is 14.5 Å². The SMILES string of the molecule is COc1ccc([C@H](CNC(=O)C(=O)Nc2c(C)cccc2C)N2CCN(C)CC2)cc1. The molecule has 3 rings (SSSR count). The molecular formula is C24H32N4O3. The topological polar surface area (TPSA) is 73.9 Å². The summed E-state index contributed by atoms with van der Waals surface area (Å²) >= 11 is 0. The van der Waals surface area contributed by atoms with Crippen LogP contribution in [0.2, 0.25) is 0 Å². The molecule has 1 aliphatic rings. The van der Waals surface area contributed by atoms with Gasteiger partial charge >= 0.3 is 11.8 Å². The summed E-state index contributed by atoms with van der Waals surface area (Å²) in [7, 11) is 3.75. The normalized spacial score (nSPS) is 15.9. The van der Waals surface area contributed by atoms with E-state index in [1.54, 1.807) is 7.11 Å². The zero-order valence-electron chi connectivity index (χ0n) is 18.8. The Bertz CT molecular complexity index is 885. The minimum atomic E-state index is -0.649. The molecule has 2 N–H and O–H groups in total. The first kappa shape index (κ1) is 22.8. The molecule has 1 saturated heterocycles. The van der Waals surface area contributed by atoms with Crippen LogP contribution < -0.4 is 15.4 Å². The summed E-state index contributed by atoms with van der Waals surface area (Å²) in [6.07, 6.45) is 0. The first-order valence-corrected chi connectivity index (χ1v) is 10.6. The number of carbonyl (C=O) groups excluding carboxylic acids is 2. The number of hydrogen-bond acceptors (Lipinski definition) is 5. The van der Waals surface area contributed by atoms with Crippen LogP contribution in [-0.4, -0.2) is 68.5 Å². The van der Waals surface area contributed by atoms with Crippen molar-refractivity contribution in [2.75, 3.05) is 52.2 Å². The second kappa shape index (κ2) is 10.4. The van der Waals surface area contributed by atoms with Crippen molar-refractivity contribution >= 4 is 17.5 Å². The number of aryl methyl sites for hydroxylation is 2. The highest BCUT2D eigenvalue weighted by atomic mass is 16.5. The molecule has 0 spiro atoms. The van der Waals surface area contributed by atoms with Gasteiger partial charge in [0.05, 0.1) is 13.2 Å². The molecular weight excluding hydrogens is 392 g/mol. The number of amides is 2. The van der Waals surface area contributed by atoms with Gasteiger partial charge in [-0.05, 0) is 49.7 Å². The van der Waals surface area contributed by atoms with Crippen molar-refractivity contribution in [2.24, 2.45) is 0 Å². The summed E-state index contributed by atoms with van der Waals surface area (Å²) in [4.78, 5) is 29.7. The molecule has 0 bridgehead atoms. The Morgan fingerprint density at radius 2 is 1.58 bits per heavy atom. The highest BCUT2D eigenvalue weighted by Gasteiger charge is 2.25. The van der Waals surface area contributed by atoms with E-state index in [0.29, 0.717) is 12.2 Å². The minimum absolute atomic E-state index is 0.0171. The van der Waals surface area contributed by atoms with Crippen LogP contribution in [0.3, 0.4) is 0 Å². The maximum atomic E-state index is 12.6. The lowest BCUT2D eigenvalue weighted by atomic mass is 10.0. The van der Waals surface area contributed by atoms with Crippen molar-refractivity contribution in [3.8, 4) is 5.75 Å². The van der Waals surface area contributed by atoms with Gasteiger partial charge in [0, 0.05) is 38.4 Å². The third-order valence-electron chi connectivity index (χ3n) is 5.86. The zero-order valence-corrected chi connectivity index (χ0v) is 18.8. The molecule has 0 aliphatic carbocycles. The number of para-hydroxylation sites is 1.